The first-order valence-corrected chi connectivity index (χ1v) is 8.84. The maximum Gasteiger partial charge on any atom is 0.223 e. The number of nitrogens with zero attached hydrogens (tertiary/aromatic N) is 1. The van der Waals surface area contributed by atoms with Crippen LogP contribution in [0.25, 0.3) is 10.9 Å². The molecule has 1 amide bonds. The Bertz CT molecular complexity index is 947. The van der Waals surface area contributed by atoms with Gasteiger partial charge in [-0.25, -0.2) is 4.39 Å². The SMILES string of the molecule is COc1cccc2c3c([nH]c12)CCN(C(=O)CCc1ccc(F)cc1)C3. The highest BCUT2D eigenvalue weighted by molar-refractivity contribution is 5.90. The van der Waals surface area contributed by atoms with Crippen molar-refractivity contribution in [3.05, 3.63) is 65.1 Å². The fourth-order valence-electron chi connectivity index (χ4n) is 3.65. The van der Waals surface area contributed by atoms with Crippen LogP contribution in [0.3, 0.4) is 0 Å². The van der Waals surface area contributed by atoms with Gasteiger partial charge in [-0.3, -0.25) is 4.79 Å². The lowest BCUT2D eigenvalue weighted by molar-refractivity contribution is -0.132. The lowest BCUT2D eigenvalue weighted by Crippen LogP contribution is -2.35. The molecule has 2 heterocycles. The third-order valence-electron chi connectivity index (χ3n) is 5.09. The van der Waals surface area contributed by atoms with Gasteiger partial charge in [0.2, 0.25) is 5.91 Å². The lowest BCUT2D eigenvalue weighted by atomic mass is 10.0. The molecule has 1 aliphatic rings. The number of para-hydroxylation sites is 1. The van der Waals surface area contributed by atoms with Gasteiger partial charge in [0, 0.05) is 42.6 Å². The number of fused-ring (bicyclic) bond motifs is 3. The predicted molar refractivity (Wildman–Crippen MR) is 98.7 cm³/mol. The first kappa shape index (κ1) is 16.6. The first-order chi connectivity index (χ1) is 12.7. The summed E-state index contributed by atoms with van der Waals surface area (Å²) in [6, 6.07) is 12.3. The molecule has 26 heavy (non-hydrogen) atoms. The summed E-state index contributed by atoms with van der Waals surface area (Å²) in [5.41, 5.74) is 4.35. The summed E-state index contributed by atoms with van der Waals surface area (Å²) in [7, 11) is 1.67. The Morgan fingerprint density at radius 3 is 2.81 bits per heavy atom. The molecule has 0 unspecified atom stereocenters. The summed E-state index contributed by atoms with van der Waals surface area (Å²) in [4.78, 5) is 18.0. The summed E-state index contributed by atoms with van der Waals surface area (Å²) >= 11 is 0. The van der Waals surface area contributed by atoms with E-state index in [1.54, 1.807) is 19.2 Å². The van der Waals surface area contributed by atoms with Crippen LogP contribution < -0.4 is 4.74 Å². The number of hydrogen-bond acceptors (Lipinski definition) is 2. The minimum Gasteiger partial charge on any atom is -0.495 e. The number of H-pyrrole nitrogens is 1. The highest BCUT2D eigenvalue weighted by Crippen LogP contribution is 2.33. The molecule has 0 atom stereocenters. The second-order valence-corrected chi connectivity index (χ2v) is 6.66. The topological polar surface area (TPSA) is 45.3 Å². The van der Waals surface area contributed by atoms with Crippen LogP contribution in [0, 0.1) is 5.82 Å². The Balaban J connectivity index is 1.49. The van der Waals surface area contributed by atoms with E-state index in [0.717, 1.165) is 28.6 Å². The van der Waals surface area contributed by atoms with Crippen molar-refractivity contribution < 1.29 is 13.9 Å². The van der Waals surface area contributed by atoms with Crippen molar-refractivity contribution in [2.24, 2.45) is 0 Å². The maximum absolute atomic E-state index is 13.0. The van der Waals surface area contributed by atoms with Crippen LogP contribution in [0.4, 0.5) is 4.39 Å². The van der Waals surface area contributed by atoms with Gasteiger partial charge in [-0.2, -0.15) is 0 Å². The van der Waals surface area contributed by atoms with E-state index in [-0.39, 0.29) is 11.7 Å². The highest BCUT2D eigenvalue weighted by atomic mass is 19.1. The molecule has 0 radical (unpaired) electrons. The molecule has 3 aromatic rings. The molecule has 0 spiro atoms. The number of carbonyl (C=O) groups excluding carboxylic acids is 1. The molecule has 1 aliphatic heterocycles. The first-order valence-electron chi connectivity index (χ1n) is 8.84. The average Bonchev–Trinajstić information content (AvgIpc) is 3.05. The number of aryl methyl sites for hydroxylation is 1. The van der Waals surface area contributed by atoms with Gasteiger partial charge in [-0.15, -0.1) is 0 Å². The normalized spacial score (nSPS) is 13.7. The number of aromatic nitrogens is 1. The molecule has 5 heteroatoms. The number of benzene rings is 2. The standard InChI is InChI=1S/C21H21FN2O2/c1-26-19-4-2-3-16-17-13-24(12-11-18(17)23-21(16)19)20(25)10-7-14-5-8-15(22)9-6-14/h2-6,8-9,23H,7,10-13H2,1H3. The molecule has 1 N–H and O–H groups in total. The largest absolute Gasteiger partial charge is 0.495 e. The Labute approximate surface area is 151 Å². The predicted octanol–water partition coefficient (Wildman–Crippen LogP) is 3.83. The number of methoxy groups -OCH3 is 1. The summed E-state index contributed by atoms with van der Waals surface area (Å²) < 4.78 is 18.4. The van der Waals surface area contributed by atoms with Crippen molar-refractivity contribution in [1.29, 1.82) is 0 Å². The second-order valence-electron chi connectivity index (χ2n) is 6.66. The van der Waals surface area contributed by atoms with E-state index >= 15 is 0 Å². The van der Waals surface area contributed by atoms with E-state index in [2.05, 4.69) is 11.1 Å². The monoisotopic (exact) mass is 352 g/mol. The number of rotatable bonds is 4. The number of amides is 1. The van der Waals surface area contributed by atoms with E-state index in [0.29, 0.717) is 25.9 Å². The van der Waals surface area contributed by atoms with Crippen LogP contribution in [-0.4, -0.2) is 29.4 Å². The minimum absolute atomic E-state index is 0.136. The maximum atomic E-state index is 13.0. The molecule has 0 aliphatic carbocycles. The van der Waals surface area contributed by atoms with Gasteiger partial charge in [0.15, 0.2) is 0 Å². The molecule has 134 valence electrons. The summed E-state index contributed by atoms with van der Waals surface area (Å²) in [6.45, 7) is 1.33. The number of halogens is 1. The zero-order valence-electron chi connectivity index (χ0n) is 14.7. The molecular formula is C21H21FN2O2. The number of hydrogen-bond donors (Lipinski definition) is 1. The van der Waals surface area contributed by atoms with E-state index in [1.807, 2.05) is 17.0 Å². The lowest BCUT2D eigenvalue weighted by Gasteiger charge is -2.27. The molecule has 4 nitrogen and oxygen atoms in total. The van der Waals surface area contributed by atoms with Crippen molar-refractivity contribution in [1.82, 2.24) is 9.88 Å². The number of nitrogens with one attached hydrogen (secondary N) is 1. The minimum atomic E-state index is -0.251. The molecule has 0 saturated heterocycles. The Morgan fingerprint density at radius 1 is 1.23 bits per heavy atom. The third-order valence-corrected chi connectivity index (χ3v) is 5.09. The molecule has 0 bridgehead atoms. The molecule has 1 aromatic heterocycles. The van der Waals surface area contributed by atoms with Crippen molar-refractivity contribution in [3.63, 3.8) is 0 Å². The van der Waals surface area contributed by atoms with Gasteiger partial charge < -0.3 is 14.6 Å². The van der Waals surface area contributed by atoms with E-state index < -0.39 is 0 Å². The van der Waals surface area contributed by atoms with Crippen LogP contribution >= 0.6 is 0 Å². The molecule has 2 aromatic carbocycles. The summed E-state index contributed by atoms with van der Waals surface area (Å²) in [5.74, 6) is 0.710. The Kier molecular flexibility index (Phi) is 4.37. The van der Waals surface area contributed by atoms with E-state index in [4.69, 9.17) is 4.74 Å². The van der Waals surface area contributed by atoms with Gasteiger partial charge in [0.05, 0.1) is 12.6 Å². The van der Waals surface area contributed by atoms with Gasteiger partial charge >= 0.3 is 0 Å². The van der Waals surface area contributed by atoms with Crippen molar-refractivity contribution in [3.8, 4) is 5.75 Å². The van der Waals surface area contributed by atoms with E-state index in [1.165, 1.54) is 23.4 Å². The van der Waals surface area contributed by atoms with Gasteiger partial charge in [-0.05, 0) is 30.2 Å². The molecule has 0 fully saturated rings. The van der Waals surface area contributed by atoms with Crippen LogP contribution in [0.15, 0.2) is 42.5 Å². The van der Waals surface area contributed by atoms with Crippen molar-refractivity contribution in [2.75, 3.05) is 13.7 Å². The van der Waals surface area contributed by atoms with E-state index in [9.17, 15) is 9.18 Å². The second kappa shape index (κ2) is 6.83. The van der Waals surface area contributed by atoms with Gasteiger partial charge in [0.25, 0.3) is 0 Å². The quantitative estimate of drug-likeness (QED) is 0.776. The third kappa shape index (κ3) is 3.05. The Morgan fingerprint density at radius 2 is 2.04 bits per heavy atom. The van der Waals surface area contributed by atoms with Crippen LogP contribution in [0.5, 0.6) is 5.75 Å². The summed E-state index contributed by atoms with van der Waals surface area (Å²) in [5, 5.41) is 1.12. The Hall–Kier alpha value is -2.82. The van der Waals surface area contributed by atoms with Crippen LogP contribution in [-0.2, 0) is 24.2 Å². The van der Waals surface area contributed by atoms with Crippen LogP contribution in [0.1, 0.15) is 23.2 Å². The zero-order chi connectivity index (χ0) is 18.1. The highest BCUT2D eigenvalue weighted by Gasteiger charge is 2.24. The smallest absolute Gasteiger partial charge is 0.223 e. The van der Waals surface area contributed by atoms with Crippen molar-refractivity contribution in [2.45, 2.75) is 25.8 Å². The number of carbonyl (C=O) groups is 1. The van der Waals surface area contributed by atoms with Crippen LogP contribution in [0.2, 0.25) is 0 Å². The number of aromatic amines is 1. The fraction of sp³-hybridized carbons (Fsp3) is 0.286. The fourth-order valence-corrected chi connectivity index (χ4v) is 3.65. The van der Waals surface area contributed by atoms with Crippen molar-refractivity contribution >= 4 is 16.8 Å². The molecule has 0 saturated carbocycles. The molecular weight excluding hydrogens is 331 g/mol. The zero-order valence-corrected chi connectivity index (χ0v) is 14.7. The summed E-state index contributed by atoms with van der Waals surface area (Å²) in [6.07, 6.45) is 1.88. The number of ether oxygens (including phenoxy) is 1. The van der Waals surface area contributed by atoms with Gasteiger partial charge in [-0.1, -0.05) is 24.3 Å². The average molecular weight is 352 g/mol. The molecule has 4 rings (SSSR count). The van der Waals surface area contributed by atoms with Gasteiger partial charge in [0.1, 0.15) is 11.6 Å².